The highest BCUT2D eigenvalue weighted by atomic mass is 16.7. The van der Waals surface area contributed by atoms with Crippen LogP contribution in [0.5, 0.6) is 17.2 Å². The van der Waals surface area contributed by atoms with Crippen LogP contribution in [0.2, 0.25) is 0 Å². The van der Waals surface area contributed by atoms with E-state index in [-0.39, 0.29) is 23.8 Å². The molecule has 2 radical (unpaired) electrons. The number of nitrogens with zero attached hydrogens (tertiary/aromatic N) is 2. The summed E-state index contributed by atoms with van der Waals surface area (Å²) in [5, 5.41) is 0. The van der Waals surface area contributed by atoms with Gasteiger partial charge in [-0.3, -0.25) is 4.90 Å². The first-order chi connectivity index (χ1) is 17.5. The van der Waals surface area contributed by atoms with E-state index in [1.54, 1.807) is 0 Å². The Balaban J connectivity index is 1.52. The molecule has 3 aliphatic heterocycles. The number of benzene rings is 3. The van der Waals surface area contributed by atoms with E-state index in [2.05, 4.69) is 30.9 Å². The van der Waals surface area contributed by atoms with E-state index in [4.69, 9.17) is 21.1 Å². The van der Waals surface area contributed by atoms with Crippen molar-refractivity contribution in [1.82, 2.24) is 9.38 Å². The molecule has 3 aliphatic rings. The summed E-state index contributed by atoms with van der Waals surface area (Å²) in [5.74, 6) is 2.16. The van der Waals surface area contributed by atoms with Crippen LogP contribution in [-0.2, 0) is 16.8 Å². The summed E-state index contributed by atoms with van der Waals surface area (Å²) in [6.07, 6.45) is 0. The van der Waals surface area contributed by atoms with Gasteiger partial charge in [-0.1, -0.05) is 56.3 Å². The Hall–Kier alpha value is -3.35. The van der Waals surface area contributed by atoms with E-state index < -0.39 is 5.41 Å². The zero-order valence-corrected chi connectivity index (χ0v) is 20.8. The minimum atomic E-state index is -0.899. The maximum Gasteiger partial charge on any atom is 0.338 e. The minimum absolute atomic E-state index is 0.144. The third-order valence-electron chi connectivity index (χ3n) is 8.08. The fourth-order valence-corrected chi connectivity index (χ4v) is 6.08. The number of amides is 1. The Morgan fingerprint density at radius 3 is 2.39 bits per heavy atom. The number of fused-ring (bicyclic) bond motifs is 5. The maximum atomic E-state index is 15.0. The Morgan fingerprint density at radius 1 is 0.917 bits per heavy atom. The van der Waals surface area contributed by atoms with Crippen LogP contribution >= 0.6 is 0 Å². The average Bonchev–Trinajstić information content (AvgIpc) is 3.57. The van der Waals surface area contributed by atoms with Gasteiger partial charge in [0, 0.05) is 29.3 Å². The summed E-state index contributed by atoms with van der Waals surface area (Å²) in [6.45, 7) is 14.7. The van der Waals surface area contributed by atoms with Gasteiger partial charge >= 0.3 is 5.91 Å². The van der Waals surface area contributed by atoms with Crippen molar-refractivity contribution in [3.63, 3.8) is 0 Å². The van der Waals surface area contributed by atoms with E-state index in [9.17, 15) is 0 Å². The van der Waals surface area contributed by atoms with Gasteiger partial charge in [-0.15, -0.1) is 0 Å². The van der Waals surface area contributed by atoms with Crippen LogP contribution in [0.3, 0.4) is 0 Å². The molecule has 184 valence electrons. The Morgan fingerprint density at radius 2 is 1.64 bits per heavy atom. The molecule has 2 atom stereocenters. The number of rotatable bonds is 7. The van der Waals surface area contributed by atoms with Crippen LogP contribution in [-0.4, -0.2) is 50.4 Å². The molecule has 0 fully saturated rings. The van der Waals surface area contributed by atoms with E-state index in [0.29, 0.717) is 35.9 Å². The van der Waals surface area contributed by atoms with E-state index in [1.165, 1.54) is 0 Å². The number of quaternary nitrogens is 1. The molecule has 36 heavy (non-hydrogen) atoms. The molecular weight excluding hydrogens is 452 g/mol. The van der Waals surface area contributed by atoms with Crippen molar-refractivity contribution in [2.75, 3.05) is 39.6 Å². The first-order valence-corrected chi connectivity index (χ1v) is 12.7. The predicted octanol–water partition coefficient (Wildman–Crippen LogP) is 4.54. The van der Waals surface area contributed by atoms with E-state index in [1.807, 2.05) is 48.5 Å². The van der Waals surface area contributed by atoms with Crippen molar-refractivity contribution >= 4 is 11.6 Å². The van der Waals surface area contributed by atoms with Crippen LogP contribution in [0.1, 0.15) is 36.1 Å². The average molecular weight is 484 g/mol. The van der Waals surface area contributed by atoms with Crippen LogP contribution in [0, 0.1) is 6.92 Å². The Bertz CT molecular complexity index is 1320. The molecule has 3 aromatic carbocycles. The second-order valence-corrected chi connectivity index (χ2v) is 9.84. The van der Waals surface area contributed by atoms with Crippen molar-refractivity contribution in [3.8, 4) is 17.2 Å². The lowest BCUT2D eigenvalue weighted by molar-refractivity contribution is -0.134. The third kappa shape index (κ3) is 3.28. The molecule has 0 saturated carbocycles. The highest BCUT2D eigenvalue weighted by molar-refractivity contribution is 6.08. The fourth-order valence-electron chi connectivity index (χ4n) is 6.08. The SMILES string of the molecule is [CH]c1ccc(C[N+]2(CCN(CC)CC)C(=O)C3(COc4cc5c(cc43)OCO5)c3ccccc32)cc1. The number of hydrogen-bond acceptors (Lipinski definition) is 5. The largest absolute Gasteiger partial charge is 0.491 e. The minimum Gasteiger partial charge on any atom is -0.491 e. The van der Waals surface area contributed by atoms with Gasteiger partial charge in [-0.05, 0) is 37.7 Å². The van der Waals surface area contributed by atoms with Crippen molar-refractivity contribution in [2.24, 2.45) is 0 Å². The van der Waals surface area contributed by atoms with Crippen molar-refractivity contribution in [1.29, 1.82) is 0 Å². The topological polar surface area (TPSA) is 48.0 Å². The third-order valence-corrected chi connectivity index (χ3v) is 8.08. The molecule has 6 nitrogen and oxygen atoms in total. The van der Waals surface area contributed by atoms with Gasteiger partial charge < -0.3 is 14.2 Å². The first-order valence-electron chi connectivity index (χ1n) is 12.7. The van der Waals surface area contributed by atoms with Gasteiger partial charge in [-0.2, -0.15) is 0 Å². The quantitative estimate of drug-likeness (QED) is 0.462. The molecule has 0 saturated heterocycles. The van der Waals surface area contributed by atoms with Crippen LogP contribution in [0.15, 0.2) is 60.7 Å². The molecule has 1 spiro atoms. The molecule has 2 unspecified atom stereocenters. The number of carbonyl (C=O) groups is 1. The van der Waals surface area contributed by atoms with Crippen molar-refractivity contribution < 1.29 is 19.0 Å². The molecule has 3 aromatic rings. The molecule has 3 heterocycles. The molecule has 6 rings (SSSR count). The number of ether oxygens (including phenoxy) is 3. The molecule has 0 aliphatic carbocycles. The van der Waals surface area contributed by atoms with Gasteiger partial charge in [0.25, 0.3) is 0 Å². The van der Waals surface area contributed by atoms with E-state index >= 15 is 4.79 Å². The number of para-hydroxylation sites is 1. The summed E-state index contributed by atoms with van der Waals surface area (Å²) in [6, 6.07) is 20.0. The summed E-state index contributed by atoms with van der Waals surface area (Å²) in [5.41, 5.74) is 3.82. The number of likely N-dealkylation sites (N-methyl/N-ethyl adjacent to an activating group) is 1. The lowest BCUT2D eigenvalue weighted by Gasteiger charge is -2.35. The monoisotopic (exact) mass is 483 g/mol. The van der Waals surface area contributed by atoms with Crippen LogP contribution in [0.4, 0.5) is 5.69 Å². The summed E-state index contributed by atoms with van der Waals surface area (Å²) in [7, 11) is 0. The van der Waals surface area contributed by atoms with Crippen LogP contribution < -0.4 is 18.7 Å². The molecular formula is C30H31N2O4+. The van der Waals surface area contributed by atoms with Gasteiger partial charge in [0.2, 0.25) is 6.79 Å². The molecule has 6 heteroatoms. The van der Waals surface area contributed by atoms with Crippen molar-refractivity contribution in [2.45, 2.75) is 25.8 Å². The highest BCUT2D eigenvalue weighted by Crippen LogP contribution is 2.57. The van der Waals surface area contributed by atoms with Crippen LogP contribution in [0.25, 0.3) is 0 Å². The van der Waals surface area contributed by atoms with E-state index in [0.717, 1.165) is 42.0 Å². The fraction of sp³-hybridized carbons (Fsp3) is 0.333. The number of hydrogen-bond donors (Lipinski definition) is 0. The predicted molar refractivity (Wildman–Crippen MR) is 138 cm³/mol. The van der Waals surface area contributed by atoms with Crippen molar-refractivity contribution in [3.05, 3.63) is 89.8 Å². The normalized spacial score (nSPS) is 23.3. The molecule has 0 bridgehead atoms. The molecule has 0 aromatic heterocycles. The molecule has 0 N–H and O–H groups in total. The Labute approximate surface area is 212 Å². The summed E-state index contributed by atoms with van der Waals surface area (Å²) in [4.78, 5) is 17.4. The first kappa shape index (κ1) is 23.1. The summed E-state index contributed by atoms with van der Waals surface area (Å²) >= 11 is 0. The molecule has 1 amide bonds. The smallest absolute Gasteiger partial charge is 0.338 e. The second kappa shape index (κ2) is 8.64. The zero-order chi connectivity index (χ0) is 24.9. The lowest BCUT2D eigenvalue weighted by Crippen LogP contribution is -2.59. The maximum absolute atomic E-state index is 15.0. The van der Waals surface area contributed by atoms with Gasteiger partial charge in [0.15, 0.2) is 16.9 Å². The lowest BCUT2D eigenvalue weighted by atomic mass is 9.77. The standard InChI is InChI=1S/C30H31N2O4/c1-4-31(5-2)14-15-32(18-22-12-10-21(3)11-13-22)25-9-7-6-8-23(25)30(29(32)33)19-34-26-17-28-27(16-24(26)30)35-20-36-28/h3,6-13,16-17H,4-5,14-15,18-20H2,1-2H3/q+1. The highest BCUT2D eigenvalue weighted by Gasteiger charge is 2.66. The zero-order valence-electron chi connectivity index (χ0n) is 20.8. The summed E-state index contributed by atoms with van der Waals surface area (Å²) < 4.78 is 17.7. The van der Waals surface area contributed by atoms with Gasteiger partial charge in [0.1, 0.15) is 31.1 Å². The van der Waals surface area contributed by atoms with Gasteiger partial charge in [-0.25, -0.2) is 9.28 Å². The van der Waals surface area contributed by atoms with Gasteiger partial charge in [0.05, 0.1) is 0 Å². The number of carbonyl (C=O) groups excluding carboxylic acids is 1. The Kier molecular flexibility index (Phi) is 5.54. The second-order valence-electron chi connectivity index (χ2n) is 9.84.